The van der Waals surface area contributed by atoms with E-state index in [1.54, 1.807) is 35.6 Å². The van der Waals surface area contributed by atoms with Gasteiger partial charge < -0.3 is 4.74 Å². The lowest BCUT2D eigenvalue weighted by Gasteiger charge is -2.08. The van der Waals surface area contributed by atoms with Gasteiger partial charge in [-0.3, -0.25) is 30.6 Å². The fraction of sp³-hybridized carbons (Fsp3) is 0.105. The largest absolute Gasteiger partial charge is 0.487 e. The molecule has 0 atom stereocenters. The number of nitro benzene ring substituents is 1. The zero-order chi connectivity index (χ0) is 20.8. The molecule has 0 unspecified atom stereocenters. The number of hydrazine groups is 1. The maximum atomic E-state index is 12.2. The molecule has 0 bridgehead atoms. The van der Waals surface area contributed by atoms with Crippen molar-refractivity contribution in [2.45, 2.75) is 13.5 Å². The van der Waals surface area contributed by atoms with Crippen LogP contribution in [0.2, 0.25) is 0 Å². The molecule has 1 heterocycles. The number of nitro groups is 1. The number of non-ortho nitro benzene ring substituents is 1. The molecule has 2 aromatic carbocycles. The summed E-state index contributed by atoms with van der Waals surface area (Å²) in [6.07, 6.45) is 0. The lowest BCUT2D eigenvalue weighted by molar-refractivity contribution is -0.384. The molecule has 2 amide bonds. The third kappa shape index (κ3) is 5.36. The van der Waals surface area contributed by atoms with Crippen LogP contribution in [0, 0.1) is 17.0 Å². The molecule has 10 heteroatoms. The fourth-order valence-corrected chi connectivity index (χ4v) is 2.95. The topological polar surface area (TPSA) is 123 Å². The smallest absolute Gasteiger partial charge is 0.270 e. The molecule has 29 heavy (non-hydrogen) atoms. The molecule has 0 saturated carbocycles. The first-order valence-electron chi connectivity index (χ1n) is 8.41. The molecule has 2 N–H and O–H groups in total. The molecule has 1 aromatic heterocycles. The number of hydrogen-bond acceptors (Lipinski definition) is 7. The number of amides is 2. The van der Waals surface area contributed by atoms with Gasteiger partial charge >= 0.3 is 0 Å². The lowest BCUT2D eigenvalue weighted by Crippen LogP contribution is -2.41. The van der Waals surface area contributed by atoms with Crippen molar-refractivity contribution in [2.75, 3.05) is 0 Å². The van der Waals surface area contributed by atoms with Crippen molar-refractivity contribution in [3.8, 4) is 5.75 Å². The van der Waals surface area contributed by atoms with Gasteiger partial charge in [-0.2, -0.15) is 0 Å². The minimum Gasteiger partial charge on any atom is -0.487 e. The third-order valence-corrected chi connectivity index (χ3v) is 4.60. The lowest BCUT2D eigenvalue weighted by atomic mass is 10.2. The highest BCUT2D eigenvalue weighted by Crippen LogP contribution is 2.16. The van der Waals surface area contributed by atoms with Gasteiger partial charge in [0.15, 0.2) is 0 Å². The molecule has 3 rings (SSSR count). The van der Waals surface area contributed by atoms with Gasteiger partial charge in [0, 0.05) is 28.6 Å². The number of aromatic nitrogens is 1. The van der Waals surface area contributed by atoms with E-state index in [9.17, 15) is 19.7 Å². The molecular formula is C19H16N4O5S. The highest BCUT2D eigenvalue weighted by Gasteiger charge is 2.13. The van der Waals surface area contributed by atoms with E-state index in [-0.39, 0.29) is 11.3 Å². The van der Waals surface area contributed by atoms with E-state index in [4.69, 9.17) is 4.74 Å². The summed E-state index contributed by atoms with van der Waals surface area (Å²) in [4.78, 5) is 38.7. The van der Waals surface area contributed by atoms with Gasteiger partial charge in [-0.15, -0.1) is 11.3 Å². The number of carbonyl (C=O) groups is 2. The Kier molecular flexibility index (Phi) is 6.15. The molecule has 0 radical (unpaired) electrons. The van der Waals surface area contributed by atoms with Crippen LogP contribution in [0.3, 0.4) is 0 Å². The predicted octanol–water partition coefficient (Wildman–Crippen LogP) is 3.01. The minimum absolute atomic E-state index is 0.0560. The van der Waals surface area contributed by atoms with Crippen LogP contribution in [0.15, 0.2) is 53.9 Å². The van der Waals surface area contributed by atoms with Crippen molar-refractivity contribution in [3.05, 3.63) is 85.9 Å². The van der Waals surface area contributed by atoms with Crippen molar-refractivity contribution < 1.29 is 19.2 Å². The van der Waals surface area contributed by atoms with Crippen LogP contribution in [0.25, 0.3) is 0 Å². The summed E-state index contributed by atoms with van der Waals surface area (Å²) in [6, 6.07) is 11.6. The van der Waals surface area contributed by atoms with E-state index in [1.807, 2.05) is 12.3 Å². The Balaban J connectivity index is 1.53. The Morgan fingerprint density at radius 2 is 1.79 bits per heavy atom. The summed E-state index contributed by atoms with van der Waals surface area (Å²) in [7, 11) is 0. The Morgan fingerprint density at radius 1 is 1.10 bits per heavy atom. The molecule has 0 aliphatic carbocycles. The molecule has 0 fully saturated rings. The molecule has 148 valence electrons. The average molecular weight is 412 g/mol. The number of carbonyl (C=O) groups excluding carboxylic acids is 2. The Bertz CT molecular complexity index is 1050. The quantitative estimate of drug-likeness (QED) is 0.474. The summed E-state index contributed by atoms with van der Waals surface area (Å²) >= 11 is 1.54. The second kappa shape index (κ2) is 8.93. The van der Waals surface area contributed by atoms with Crippen molar-refractivity contribution in [3.63, 3.8) is 0 Å². The van der Waals surface area contributed by atoms with Gasteiger partial charge in [0.2, 0.25) is 0 Å². The van der Waals surface area contributed by atoms with Crippen LogP contribution < -0.4 is 15.6 Å². The van der Waals surface area contributed by atoms with E-state index >= 15 is 0 Å². The highest BCUT2D eigenvalue weighted by atomic mass is 32.1. The van der Waals surface area contributed by atoms with Gasteiger partial charge in [0.05, 0.1) is 15.6 Å². The third-order valence-electron chi connectivity index (χ3n) is 3.78. The Labute approximate surface area is 169 Å². The van der Waals surface area contributed by atoms with Crippen LogP contribution >= 0.6 is 11.3 Å². The van der Waals surface area contributed by atoms with E-state index in [0.29, 0.717) is 17.9 Å². The van der Waals surface area contributed by atoms with Gasteiger partial charge in [0.1, 0.15) is 12.4 Å². The molecule has 0 spiro atoms. The Hall–Kier alpha value is -3.79. The van der Waals surface area contributed by atoms with Crippen LogP contribution in [-0.2, 0) is 6.61 Å². The minimum atomic E-state index is -0.666. The van der Waals surface area contributed by atoms with Crippen molar-refractivity contribution >= 4 is 28.8 Å². The van der Waals surface area contributed by atoms with Crippen molar-refractivity contribution in [2.24, 2.45) is 0 Å². The van der Waals surface area contributed by atoms with E-state index in [0.717, 1.165) is 16.8 Å². The number of benzene rings is 2. The van der Waals surface area contributed by atoms with Crippen LogP contribution in [0.5, 0.6) is 5.75 Å². The fourth-order valence-electron chi connectivity index (χ4n) is 2.35. The summed E-state index contributed by atoms with van der Waals surface area (Å²) in [5.74, 6) is -0.626. The van der Waals surface area contributed by atoms with E-state index < -0.39 is 16.7 Å². The summed E-state index contributed by atoms with van der Waals surface area (Å²) < 4.78 is 5.61. The van der Waals surface area contributed by atoms with Gasteiger partial charge in [-0.05, 0) is 37.3 Å². The Morgan fingerprint density at radius 3 is 2.41 bits per heavy atom. The van der Waals surface area contributed by atoms with Crippen molar-refractivity contribution in [1.82, 2.24) is 15.8 Å². The van der Waals surface area contributed by atoms with Crippen LogP contribution in [0.4, 0.5) is 5.69 Å². The number of nitrogens with one attached hydrogen (secondary N) is 2. The summed E-state index contributed by atoms with van der Waals surface area (Å²) in [6.45, 7) is 2.24. The number of rotatable bonds is 6. The van der Waals surface area contributed by atoms with Gasteiger partial charge in [-0.1, -0.05) is 6.07 Å². The monoisotopic (exact) mass is 412 g/mol. The maximum Gasteiger partial charge on any atom is 0.270 e. The normalized spacial score (nSPS) is 10.2. The molecule has 0 aliphatic heterocycles. The zero-order valence-electron chi connectivity index (χ0n) is 15.2. The van der Waals surface area contributed by atoms with E-state index in [1.165, 1.54) is 18.2 Å². The molecule has 9 nitrogen and oxygen atoms in total. The van der Waals surface area contributed by atoms with Crippen molar-refractivity contribution in [1.29, 1.82) is 0 Å². The van der Waals surface area contributed by atoms with Crippen LogP contribution in [0.1, 0.15) is 31.4 Å². The van der Waals surface area contributed by atoms with Gasteiger partial charge in [-0.25, -0.2) is 4.98 Å². The molecule has 0 aliphatic rings. The first kappa shape index (κ1) is 20.0. The first-order valence-corrected chi connectivity index (χ1v) is 9.29. The number of nitrogens with zero attached hydrogens (tertiary/aromatic N) is 2. The number of ether oxygens (including phenoxy) is 1. The number of hydrogen-bond donors (Lipinski definition) is 2. The first-order chi connectivity index (χ1) is 13.9. The number of thiazole rings is 1. The zero-order valence-corrected chi connectivity index (χ0v) is 16.1. The average Bonchev–Trinajstić information content (AvgIpc) is 3.15. The summed E-state index contributed by atoms with van der Waals surface area (Å²) in [5.41, 5.74) is 5.47. The molecule has 0 saturated heterocycles. The highest BCUT2D eigenvalue weighted by molar-refractivity contribution is 7.09. The van der Waals surface area contributed by atoms with E-state index in [2.05, 4.69) is 15.8 Å². The standard InChI is InChI=1S/C19H16N4O5S/c1-12-20-15(11-29-12)10-28-17-7-5-13(6-8-17)18(24)21-22-19(25)14-3-2-4-16(9-14)23(26)27/h2-9,11H,10H2,1H3,(H,21,24)(H,22,25). The second-order valence-electron chi connectivity index (χ2n) is 5.89. The maximum absolute atomic E-state index is 12.2. The molecular weight excluding hydrogens is 396 g/mol. The number of aryl methyl sites for hydroxylation is 1. The predicted molar refractivity (Wildman–Crippen MR) is 106 cm³/mol. The second-order valence-corrected chi connectivity index (χ2v) is 6.95. The van der Waals surface area contributed by atoms with Gasteiger partial charge in [0.25, 0.3) is 17.5 Å². The summed E-state index contributed by atoms with van der Waals surface area (Å²) in [5, 5.41) is 13.7. The molecule has 3 aromatic rings. The SMILES string of the molecule is Cc1nc(COc2ccc(C(=O)NNC(=O)c3cccc([N+](=O)[O-])c3)cc2)cs1. The van der Waals surface area contributed by atoms with Crippen LogP contribution in [-0.4, -0.2) is 21.7 Å².